The van der Waals surface area contributed by atoms with Crippen LogP contribution in [0.3, 0.4) is 0 Å². The predicted molar refractivity (Wildman–Crippen MR) is 213 cm³/mol. The van der Waals surface area contributed by atoms with Gasteiger partial charge >= 0.3 is 0 Å². The summed E-state index contributed by atoms with van der Waals surface area (Å²) in [7, 11) is 0. The minimum Gasteiger partial charge on any atom is -0.0639 e. The zero-order valence-corrected chi connectivity index (χ0v) is 29.4. The molecule has 0 nitrogen and oxygen atoms in total. The molecule has 0 fully saturated rings. The van der Waals surface area contributed by atoms with E-state index in [1.165, 1.54) is 77.9 Å². The van der Waals surface area contributed by atoms with Crippen LogP contribution in [-0.4, -0.2) is 0 Å². The maximum absolute atomic E-state index is 2.55. The molecule has 0 heteroatoms. The Bertz CT molecular complexity index is 2230. The Labute approximate surface area is 302 Å². The summed E-state index contributed by atoms with van der Waals surface area (Å²) in [4.78, 5) is 0. The molecule has 9 rings (SSSR count). The molecule has 1 atom stereocenters. The van der Waals surface area contributed by atoms with Crippen molar-refractivity contribution in [2.75, 3.05) is 0 Å². The highest BCUT2D eigenvalue weighted by Gasteiger charge is 2.55. The Hall–Kier alpha value is -5.72. The number of rotatable bonds is 8. The van der Waals surface area contributed by atoms with Gasteiger partial charge in [0.15, 0.2) is 0 Å². The Morgan fingerprint density at radius 1 is 0.431 bits per heavy atom. The molecule has 0 aromatic heterocycles. The first-order chi connectivity index (χ1) is 25.1. The minimum absolute atomic E-state index is 0.0673. The molecule has 0 spiro atoms. The normalized spacial score (nSPS) is 14.9. The number of hydrogen-bond donors (Lipinski definition) is 0. The van der Waals surface area contributed by atoms with E-state index in [2.05, 4.69) is 196 Å². The Morgan fingerprint density at radius 2 is 0.902 bits per heavy atom. The van der Waals surface area contributed by atoms with Crippen LogP contribution in [0.25, 0.3) is 17.2 Å². The van der Waals surface area contributed by atoms with Crippen molar-refractivity contribution < 1.29 is 0 Å². The fraction of sp³-hybridized carbons (Fsp3) is 0.137. The lowest BCUT2D eigenvalue weighted by Gasteiger charge is -2.47. The lowest BCUT2D eigenvalue weighted by Crippen LogP contribution is -2.41. The van der Waals surface area contributed by atoms with Crippen LogP contribution in [0.1, 0.15) is 80.0 Å². The van der Waals surface area contributed by atoms with Crippen molar-refractivity contribution in [3.8, 4) is 11.1 Å². The van der Waals surface area contributed by atoms with Crippen molar-refractivity contribution in [1.82, 2.24) is 0 Å². The molecule has 0 aliphatic heterocycles. The SMILES string of the molecule is CC1=Cc2cccc(C)c2C1C(c1ccccc1)(c1ccccc1)C1c2cc(Cc3ccccc3)ccc2-c2ccc(Cc3ccccc3)cc21. The maximum atomic E-state index is 2.55. The summed E-state index contributed by atoms with van der Waals surface area (Å²) in [6.07, 6.45) is 4.27. The molecule has 0 amide bonds. The molecule has 2 aliphatic carbocycles. The van der Waals surface area contributed by atoms with Gasteiger partial charge in [0.1, 0.15) is 0 Å². The van der Waals surface area contributed by atoms with E-state index in [1.54, 1.807) is 0 Å². The van der Waals surface area contributed by atoms with Gasteiger partial charge in [0.05, 0.1) is 0 Å². The molecule has 7 aromatic rings. The van der Waals surface area contributed by atoms with Crippen LogP contribution >= 0.6 is 0 Å². The third-order valence-electron chi connectivity index (χ3n) is 11.5. The summed E-state index contributed by atoms with van der Waals surface area (Å²) in [6.45, 7) is 4.69. The van der Waals surface area contributed by atoms with Gasteiger partial charge in [-0.2, -0.15) is 0 Å². The quantitative estimate of drug-likeness (QED) is 0.153. The van der Waals surface area contributed by atoms with E-state index in [-0.39, 0.29) is 11.8 Å². The van der Waals surface area contributed by atoms with Crippen molar-refractivity contribution in [1.29, 1.82) is 0 Å². The third-order valence-corrected chi connectivity index (χ3v) is 11.5. The van der Waals surface area contributed by atoms with Gasteiger partial charge in [-0.1, -0.05) is 188 Å². The molecule has 7 aromatic carbocycles. The standard InChI is InChI=1S/C51H42/c1-35-16-15-21-41-30-36(2)49(48(35)41)51(42-22-11-5-12-23-42,43-24-13-6-14-25-43)50-46-33-39(31-37-17-7-3-8-18-37)26-28-44(46)45-29-27-40(34-47(45)50)32-38-19-9-4-10-20-38/h3-30,33-34,49-50H,31-32H2,1-2H3. The highest BCUT2D eigenvalue weighted by atomic mass is 14.6. The molecule has 0 heterocycles. The summed E-state index contributed by atoms with van der Waals surface area (Å²) in [6, 6.07) is 66.3. The summed E-state index contributed by atoms with van der Waals surface area (Å²) in [5.41, 5.74) is 18.8. The maximum Gasteiger partial charge on any atom is 0.0418 e. The molecular formula is C51H42. The van der Waals surface area contributed by atoms with Crippen LogP contribution in [0, 0.1) is 6.92 Å². The third kappa shape index (κ3) is 5.29. The predicted octanol–water partition coefficient (Wildman–Crippen LogP) is 12.5. The van der Waals surface area contributed by atoms with Crippen molar-refractivity contribution in [2.24, 2.45) is 0 Å². The smallest absolute Gasteiger partial charge is 0.0418 e. The second-order valence-electron chi connectivity index (χ2n) is 14.6. The Morgan fingerprint density at radius 3 is 1.39 bits per heavy atom. The number of benzene rings is 7. The van der Waals surface area contributed by atoms with Crippen LogP contribution in [0.15, 0.2) is 181 Å². The highest BCUT2D eigenvalue weighted by molar-refractivity contribution is 5.83. The Balaban J connectivity index is 1.36. The largest absolute Gasteiger partial charge is 0.0639 e. The fourth-order valence-electron chi connectivity index (χ4n) is 9.53. The molecular weight excluding hydrogens is 613 g/mol. The van der Waals surface area contributed by atoms with E-state index in [4.69, 9.17) is 0 Å². The van der Waals surface area contributed by atoms with Crippen LogP contribution in [-0.2, 0) is 18.3 Å². The van der Waals surface area contributed by atoms with Gasteiger partial charge in [-0.3, -0.25) is 0 Å². The molecule has 0 saturated heterocycles. The van der Waals surface area contributed by atoms with Crippen molar-refractivity contribution >= 4 is 6.08 Å². The summed E-state index contributed by atoms with van der Waals surface area (Å²) in [5.74, 6) is 0.204. The van der Waals surface area contributed by atoms with Crippen LogP contribution in [0.4, 0.5) is 0 Å². The molecule has 1 unspecified atom stereocenters. The molecule has 246 valence electrons. The first-order valence-corrected chi connectivity index (χ1v) is 18.3. The zero-order valence-electron chi connectivity index (χ0n) is 29.4. The molecule has 51 heavy (non-hydrogen) atoms. The monoisotopic (exact) mass is 654 g/mol. The van der Waals surface area contributed by atoms with E-state index < -0.39 is 5.41 Å². The van der Waals surface area contributed by atoms with Gasteiger partial charge < -0.3 is 0 Å². The molecule has 0 saturated carbocycles. The van der Waals surface area contributed by atoms with Gasteiger partial charge in [-0.25, -0.2) is 0 Å². The minimum atomic E-state index is -0.433. The van der Waals surface area contributed by atoms with E-state index in [9.17, 15) is 0 Å². The lowest BCUT2D eigenvalue weighted by atomic mass is 9.54. The number of allylic oxidation sites excluding steroid dienone is 1. The average molecular weight is 655 g/mol. The average Bonchev–Trinajstić information content (AvgIpc) is 3.68. The first kappa shape index (κ1) is 31.3. The van der Waals surface area contributed by atoms with E-state index in [1.807, 2.05) is 0 Å². The topological polar surface area (TPSA) is 0 Å². The van der Waals surface area contributed by atoms with Crippen molar-refractivity contribution in [3.05, 3.63) is 243 Å². The first-order valence-electron chi connectivity index (χ1n) is 18.3. The summed E-state index contributed by atoms with van der Waals surface area (Å²) < 4.78 is 0. The highest BCUT2D eigenvalue weighted by Crippen LogP contribution is 2.64. The van der Waals surface area contributed by atoms with Crippen molar-refractivity contribution in [2.45, 2.75) is 43.9 Å². The van der Waals surface area contributed by atoms with Crippen LogP contribution in [0.2, 0.25) is 0 Å². The number of fused-ring (bicyclic) bond motifs is 4. The van der Waals surface area contributed by atoms with Gasteiger partial charge in [0.2, 0.25) is 0 Å². The van der Waals surface area contributed by atoms with Crippen LogP contribution in [0.5, 0.6) is 0 Å². The van der Waals surface area contributed by atoms with E-state index in [0.29, 0.717) is 0 Å². The number of aryl methyl sites for hydroxylation is 1. The van der Waals surface area contributed by atoms with E-state index in [0.717, 1.165) is 12.8 Å². The van der Waals surface area contributed by atoms with Gasteiger partial charge in [-0.15, -0.1) is 0 Å². The Kier molecular flexibility index (Phi) is 7.89. The summed E-state index contributed by atoms with van der Waals surface area (Å²) in [5, 5.41) is 0. The van der Waals surface area contributed by atoms with Gasteiger partial charge in [0, 0.05) is 17.3 Å². The van der Waals surface area contributed by atoms with Gasteiger partial charge in [0.25, 0.3) is 0 Å². The van der Waals surface area contributed by atoms with Crippen LogP contribution < -0.4 is 0 Å². The zero-order chi connectivity index (χ0) is 34.4. The molecule has 0 bridgehead atoms. The van der Waals surface area contributed by atoms with Gasteiger partial charge in [-0.05, 0) is 99.0 Å². The summed E-state index contributed by atoms with van der Waals surface area (Å²) >= 11 is 0. The molecule has 0 radical (unpaired) electrons. The number of hydrogen-bond acceptors (Lipinski definition) is 0. The van der Waals surface area contributed by atoms with Crippen molar-refractivity contribution in [3.63, 3.8) is 0 Å². The lowest BCUT2D eigenvalue weighted by molar-refractivity contribution is 0.404. The molecule has 0 N–H and O–H groups in total. The second kappa shape index (κ2) is 12.9. The fourth-order valence-corrected chi connectivity index (χ4v) is 9.53. The molecule has 2 aliphatic rings. The second-order valence-corrected chi connectivity index (χ2v) is 14.6. The van der Waals surface area contributed by atoms with E-state index >= 15 is 0 Å².